The fraction of sp³-hybridized carbons (Fsp3) is 0.0588. The Morgan fingerprint density at radius 1 is 1.12 bits per heavy atom. The molecule has 0 fully saturated rings. The minimum Gasteiger partial charge on any atom is -0.301 e. The predicted molar refractivity (Wildman–Crippen MR) is 104 cm³/mol. The molecule has 0 unspecified atom stereocenters. The average Bonchev–Trinajstić information content (AvgIpc) is 3.04. The quantitative estimate of drug-likeness (QED) is 0.652. The zero-order chi connectivity index (χ0) is 17.8. The van der Waals surface area contributed by atoms with Gasteiger partial charge in [-0.1, -0.05) is 47.5 Å². The molecule has 0 aliphatic rings. The molecule has 4 nitrogen and oxygen atoms in total. The minimum absolute atomic E-state index is 0.181. The first-order valence-electron chi connectivity index (χ1n) is 7.17. The van der Waals surface area contributed by atoms with Gasteiger partial charge in [0.05, 0.1) is 26.4 Å². The monoisotopic (exact) mass is 410 g/mol. The van der Waals surface area contributed by atoms with Crippen molar-refractivity contribution in [3.05, 3.63) is 64.0 Å². The van der Waals surface area contributed by atoms with Crippen molar-refractivity contribution in [2.24, 2.45) is 0 Å². The summed E-state index contributed by atoms with van der Waals surface area (Å²) in [7, 11) is -1.51. The average molecular weight is 411 g/mol. The van der Waals surface area contributed by atoms with Crippen molar-refractivity contribution < 1.29 is 9.00 Å². The van der Waals surface area contributed by atoms with Gasteiger partial charge in [-0.15, -0.1) is 11.3 Å². The first kappa shape index (κ1) is 18.1. The highest BCUT2D eigenvalue weighted by Crippen LogP contribution is 2.26. The van der Waals surface area contributed by atoms with Crippen LogP contribution in [0.25, 0.3) is 11.3 Å². The number of carbonyl (C=O) groups is 1. The van der Waals surface area contributed by atoms with Crippen LogP contribution >= 0.6 is 34.5 Å². The Balaban J connectivity index is 1.65. The Kier molecular flexibility index (Phi) is 5.86. The number of hydrogen-bond donors (Lipinski definition) is 1. The Hall–Kier alpha value is -1.73. The molecular weight excluding hydrogens is 399 g/mol. The molecular formula is C17H12Cl2N2O2S2. The van der Waals surface area contributed by atoms with E-state index in [1.54, 1.807) is 36.4 Å². The number of carbonyl (C=O) groups excluding carboxylic acids is 1. The van der Waals surface area contributed by atoms with Gasteiger partial charge in [0.15, 0.2) is 5.13 Å². The fourth-order valence-corrected chi connectivity index (χ4v) is 4.30. The highest BCUT2D eigenvalue weighted by molar-refractivity contribution is 7.86. The van der Waals surface area contributed by atoms with Crippen LogP contribution in [0.2, 0.25) is 10.0 Å². The molecule has 2 aromatic carbocycles. The van der Waals surface area contributed by atoms with Crippen LogP contribution in [0, 0.1) is 0 Å². The molecule has 1 amide bonds. The molecule has 0 saturated carbocycles. The van der Waals surface area contributed by atoms with Crippen LogP contribution in [0.4, 0.5) is 5.13 Å². The van der Waals surface area contributed by atoms with E-state index in [1.807, 2.05) is 17.5 Å². The van der Waals surface area contributed by atoms with Crippen molar-refractivity contribution in [3.8, 4) is 11.3 Å². The normalized spacial score (nSPS) is 11.9. The highest BCUT2D eigenvalue weighted by Gasteiger charge is 2.14. The van der Waals surface area contributed by atoms with Crippen molar-refractivity contribution >= 4 is 56.4 Å². The minimum atomic E-state index is -1.51. The number of hydrogen-bond acceptors (Lipinski definition) is 4. The van der Waals surface area contributed by atoms with Crippen LogP contribution in [-0.4, -0.2) is 20.9 Å². The predicted octanol–water partition coefficient (Wildman–Crippen LogP) is 4.86. The van der Waals surface area contributed by atoms with E-state index in [-0.39, 0.29) is 11.7 Å². The molecule has 0 aliphatic heterocycles. The number of halogens is 2. The van der Waals surface area contributed by atoms with Crippen LogP contribution in [0.15, 0.2) is 58.8 Å². The summed E-state index contributed by atoms with van der Waals surface area (Å²) in [6, 6.07) is 14.0. The number of thiazole rings is 1. The zero-order valence-electron chi connectivity index (χ0n) is 12.7. The number of aromatic nitrogens is 1. The summed E-state index contributed by atoms with van der Waals surface area (Å²) in [5, 5.41) is 5.99. The van der Waals surface area contributed by atoms with Gasteiger partial charge in [-0.2, -0.15) is 0 Å². The molecule has 3 aromatic rings. The standard InChI is InChI=1S/C17H12Cl2N2O2S2/c18-12-7-5-11(6-8-12)14-9-24-17(20-14)21-16(22)10-25(23)15-4-2-1-3-13(15)19/h1-9H,10H2,(H,20,21,22)/t25-/m0/s1. The molecule has 0 bridgehead atoms. The maximum atomic E-state index is 12.3. The van der Waals surface area contributed by atoms with Gasteiger partial charge in [-0.25, -0.2) is 4.98 Å². The topological polar surface area (TPSA) is 59.1 Å². The van der Waals surface area contributed by atoms with Crippen molar-refractivity contribution in [2.75, 3.05) is 11.1 Å². The smallest absolute Gasteiger partial charge is 0.239 e. The lowest BCUT2D eigenvalue weighted by Crippen LogP contribution is -2.19. The lowest BCUT2D eigenvalue weighted by Gasteiger charge is -2.04. The molecule has 3 rings (SSSR count). The van der Waals surface area contributed by atoms with E-state index in [4.69, 9.17) is 23.2 Å². The van der Waals surface area contributed by atoms with E-state index >= 15 is 0 Å². The number of nitrogens with zero attached hydrogens (tertiary/aromatic N) is 1. The summed E-state index contributed by atoms with van der Waals surface area (Å²) < 4.78 is 12.3. The van der Waals surface area contributed by atoms with Gasteiger partial charge in [-0.05, 0) is 24.3 Å². The third kappa shape index (κ3) is 4.67. The zero-order valence-corrected chi connectivity index (χ0v) is 15.9. The number of anilines is 1. The second-order valence-corrected chi connectivity index (χ2v) is 8.13. The number of amides is 1. The Labute approximate surface area is 161 Å². The molecule has 1 aromatic heterocycles. The van der Waals surface area contributed by atoms with Crippen molar-refractivity contribution in [3.63, 3.8) is 0 Å². The largest absolute Gasteiger partial charge is 0.301 e. The molecule has 25 heavy (non-hydrogen) atoms. The highest BCUT2D eigenvalue weighted by atomic mass is 35.5. The van der Waals surface area contributed by atoms with Crippen LogP contribution < -0.4 is 5.32 Å². The van der Waals surface area contributed by atoms with Gasteiger partial charge in [0.1, 0.15) is 5.75 Å². The maximum Gasteiger partial charge on any atom is 0.239 e. The first-order chi connectivity index (χ1) is 12.0. The molecule has 0 aliphatic carbocycles. The van der Waals surface area contributed by atoms with E-state index < -0.39 is 10.8 Å². The van der Waals surface area contributed by atoms with E-state index in [9.17, 15) is 9.00 Å². The summed E-state index contributed by atoms with van der Waals surface area (Å²) in [6.45, 7) is 0. The summed E-state index contributed by atoms with van der Waals surface area (Å²) in [6.07, 6.45) is 0. The summed E-state index contributed by atoms with van der Waals surface area (Å²) >= 11 is 13.2. The molecule has 1 N–H and O–H groups in total. The number of benzene rings is 2. The van der Waals surface area contributed by atoms with Crippen LogP contribution in [0.5, 0.6) is 0 Å². The first-order valence-corrected chi connectivity index (χ1v) is 10.1. The Morgan fingerprint density at radius 3 is 2.56 bits per heavy atom. The number of rotatable bonds is 5. The summed E-state index contributed by atoms with van der Waals surface area (Å²) in [5.74, 6) is -0.560. The second kappa shape index (κ2) is 8.10. The van der Waals surface area contributed by atoms with Gasteiger partial charge >= 0.3 is 0 Å². The summed E-state index contributed by atoms with van der Waals surface area (Å²) in [4.78, 5) is 16.9. The molecule has 0 radical (unpaired) electrons. The van der Waals surface area contributed by atoms with Crippen LogP contribution in [0.1, 0.15) is 0 Å². The van der Waals surface area contributed by atoms with E-state index in [2.05, 4.69) is 10.3 Å². The third-order valence-electron chi connectivity index (χ3n) is 3.23. The van der Waals surface area contributed by atoms with Gasteiger partial charge in [0.25, 0.3) is 0 Å². The Morgan fingerprint density at radius 2 is 1.84 bits per heavy atom. The van der Waals surface area contributed by atoms with E-state index in [0.717, 1.165) is 11.3 Å². The molecule has 1 heterocycles. The molecule has 0 spiro atoms. The Bertz CT molecular complexity index is 926. The SMILES string of the molecule is O=C(C[S@](=O)c1ccccc1Cl)Nc1nc(-c2ccc(Cl)cc2)cs1. The molecule has 0 saturated heterocycles. The number of nitrogens with one attached hydrogen (secondary N) is 1. The van der Waals surface area contributed by atoms with Gasteiger partial charge in [0, 0.05) is 16.0 Å². The van der Waals surface area contributed by atoms with E-state index in [0.29, 0.717) is 20.1 Å². The molecule has 8 heteroatoms. The molecule has 1 atom stereocenters. The van der Waals surface area contributed by atoms with Crippen molar-refractivity contribution in [1.82, 2.24) is 4.98 Å². The lowest BCUT2D eigenvalue weighted by atomic mass is 10.2. The lowest BCUT2D eigenvalue weighted by molar-refractivity contribution is -0.113. The fourth-order valence-electron chi connectivity index (χ4n) is 2.07. The van der Waals surface area contributed by atoms with Crippen LogP contribution in [0.3, 0.4) is 0 Å². The van der Waals surface area contributed by atoms with Crippen molar-refractivity contribution in [2.45, 2.75) is 4.90 Å². The van der Waals surface area contributed by atoms with Gasteiger partial charge in [0.2, 0.25) is 5.91 Å². The summed E-state index contributed by atoms with van der Waals surface area (Å²) in [5.41, 5.74) is 1.64. The molecule has 128 valence electrons. The van der Waals surface area contributed by atoms with Gasteiger partial charge < -0.3 is 5.32 Å². The maximum absolute atomic E-state index is 12.3. The third-order valence-corrected chi connectivity index (χ3v) is 6.06. The van der Waals surface area contributed by atoms with Gasteiger partial charge in [-0.3, -0.25) is 9.00 Å². The van der Waals surface area contributed by atoms with E-state index in [1.165, 1.54) is 11.3 Å². The van der Waals surface area contributed by atoms with Crippen molar-refractivity contribution in [1.29, 1.82) is 0 Å². The van der Waals surface area contributed by atoms with Crippen LogP contribution in [-0.2, 0) is 15.6 Å². The second-order valence-electron chi connectivity index (χ2n) is 5.01.